The van der Waals surface area contributed by atoms with Crippen molar-refractivity contribution < 1.29 is 19.1 Å². The predicted molar refractivity (Wildman–Crippen MR) is 64.5 cm³/mol. The van der Waals surface area contributed by atoms with Crippen molar-refractivity contribution in [1.29, 1.82) is 0 Å². The molecule has 1 atom stereocenters. The van der Waals surface area contributed by atoms with Crippen LogP contribution in [0.15, 0.2) is 12.2 Å². The minimum atomic E-state index is -0.461. The highest BCUT2D eigenvalue weighted by atomic mass is 16.5. The van der Waals surface area contributed by atoms with Gasteiger partial charge < -0.3 is 15.0 Å². The molecule has 0 aromatic carbocycles. The smallest absolute Gasteiger partial charge is 0.330 e. The third-order valence-corrected chi connectivity index (χ3v) is 2.82. The molecule has 1 aliphatic heterocycles. The quantitative estimate of drug-likeness (QED) is 0.540. The van der Waals surface area contributed by atoms with Gasteiger partial charge in [0.1, 0.15) is 0 Å². The molecule has 18 heavy (non-hydrogen) atoms. The van der Waals surface area contributed by atoms with Crippen LogP contribution in [0.5, 0.6) is 0 Å². The van der Waals surface area contributed by atoms with E-state index in [1.54, 1.807) is 4.90 Å². The Bertz CT molecular complexity index is 365. The van der Waals surface area contributed by atoms with Crippen molar-refractivity contribution in [1.82, 2.24) is 10.2 Å². The maximum Gasteiger partial charge on any atom is 0.330 e. The highest BCUT2D eigenvalue weighted by Gasteiger charge is 2.32. The normalized spacial score (nSPS) is 19.3. The topological polar surface area (TPSA) is 75.7 Å². The molecule has 0 aliphatic carbocycles. The zero-order valence-electron chi connectivity index (χ0n) is 10.6. The average molecular weight is 254 g/mol. The number of methoxy groups -OCH3 is 1. The van der Waals surface area contributed by atoms with Crippen LogP contribution in [-0.4, -0.2) is 49.4 Å². The molecule has 0 aromatic heterocycles. The number of carbonyl (C=O) groups excluding carboxylic acids is 3. The largest absolute Gasteiger partial charge is 0.466 e. The zero-order valence-corrected chi connectivity index (χ0v) is 10.6. The number of nitrogens with zero attached hydrogens (tertiary/aromatic N) is 1. The molecule has 1 N–H and O–H groups in total. The summed E-state index contributed by atoms with van der Waals surface area (Å²) in [6, 6.07) is 0. The summed E-state index contributed by atoms with van der Waals surface area (Å²) in [6.07, 6.45) is 3.02. The molecule has 0 saturated carbocycles. The molecular weight excluding hydrogens is 236 g/mol. The second-order valence-electron chi connectivity index (χ2n) is 4.00. The fourth-order valence-corrected chi connectivity index (χ4v) is 1.78. The molecule has 0 radical (unpaired) electrons. The summed E-state index contributed by atoms with van der Waals surface area (Å²) >= 11 is 0. The predicted octanol–water partition coefficient (Wildman–Crippen LogP) is -0.300. The van der Waals surface area contributed by atoms with Gasteiger partial charge in [0.25, 0.3) is 0 Å². The first-order valence-electron chi connectivity index (χ1n) is 5.88. The van der Waals surface area contributed by atoms with Gasteiger partial charge in [-0.2, -0.15) is 0 Å². The molecule has 6 heteroatoms. The van der Waals surface area contributed by atoms with Crippen molar-refractivity contribution >= 4 is 17.8 Å². The van der Waals surface area contributed by atoms with Crippen molar-refractivity contribution in [2.45, 2.75) is 13.3 Å². The molecule has 1 heterocycles. The van der Waals surface area contributed by atoms with E-state index in [-0.39, 0.29) is 30.7 Å². The van der Waals surface area contributed by atoms with Crippen molar-refractivity contribution in [3.63, 3.8) is 0 Å². The van der Waals surface area contributed by atoms with Crippen molar-refractivity contribution in [3.05, 3.63) is 12.2 Å². The minimum Gasteiger partial charge on any atom is -0.466 e. The Balaban J connectivity index is 2.32. The highest BCUT2D eigenvalue weighted by molar-refractivity contribution is 5.89. The van der Waals surface area contributed by atoms with Crippen LogP contribution in [0.1, 0.15) is 13.3 Å². The molecule has 2 amide bonds. The van der Waals surface area contributed by atoms with Gasteiger partial charge in [0.05, 0.1) is 13.0 Å². The lowest BCUT2D eigenvalue weighted by Crippen LogP contribution is -2.33. The fraction of sp³-hybridized carbons (Fsp3) is 0.583. The third kappa shape index (κ3) is 3.87. The molecule has 0 spiro atoms. The monoisotopic (exact) mass is 254 g/mol. The van der Waals surface area contributed by atoms with Crippen molar-refractivity contribution in [3.8, 4) is 0 Å². The number of nitrogens with one attached hydrogen (secondary N) is 1. The lowest BCUT2D eigenvalue weighted by atomic mass is 10.1. The number of rotatable bonds is 5. The van der Waals surface area contributed by atoms with Crippen LogP contribution in [0.4, 0.5) is 0 Å². The van der Waals surface area contributed by atoms with Gasteiger partial charge in [0, 0.05) is 32.1 Å². The summed E-state index contributed by atoms with van der Waals surface area (Å²) in [5.74, 6) is -0.891. The summed E-state index contributed by atoms with van der Waals surface area (Å²) in [5.41, 5.74) is 0. The standard InChI is InChI=1S/C12H18N2O4/c1-3-14-8-9(7-10(14)15)12(17)13-6-4-5-11(16)18-2/h4-5,9H,3,6-8H2,1-2H3,(H,13,17)/b5-4+. The van der Waals surface area contributed by atoms with Crippen LogP contribution in [0.3, 0.4) is 0 Å². The molecule has 1 saturated heterocycles. The maximum absolute atomic E-state index is 11.7. The third-order valence-electron chi connectivity index (χ3n) is 2.82. The van der Waals surface area contributed by atoms with Gasteiger partial charge >= 0.3 is 5.97 Å². The fourth-order valence-electron chi connectivity index (χ4n) is 1.78. The molecule has 1 aliphatic rings. The van der Waals surface area contributed by atoms with E-state index in [2.05, 4.69) is 10.1 Å². The van der Waals surface area contributed by atoms with Gasteiger partial charge in [-0.15, -0.1) is 0 Å². The Morgan fingerprint density at radius 3 is 2.83 bits per heavy atom. The van der Waals surface area contributed by atoms with E-state index in [4.69, 9.17) is 0 Å². The first-order valence-corrected chi connectivity index (χ1v) is 5.88. The lowest BCUT2D eigenvalue weighted by Gasteiger charge is -2.13. The average Bonchev–Trinajstić information content (AvgIpc) is 2.75. The van der Waals surface area contributed by atoms with Crippen LogP contribution in [-0.2, 0) is 19.1 Å². The van der Waals surface area contributed by atoms with E-state index in [9.17, 15) is 14.4 Å². The molecule has 1 unspecified atom stereocenters. The zero-order chi connectivity index (χ0) is 13.5. The Morgan fingerprint density at radius 1 is 1.56 bits per heavy atom. The molecular formula is C12H18N2O4. The van der Waals surface area contributed by atoms with E-state index < -0.39 is 5.97 Å². The highest BCUT2D eigenvalue weighted by Crippen LogP contribution is 2.17. The lowest BCUT2D eigenvalue weighted by molar-refractivity contribution is -0.135. The molecule has 1 rings (SSSR count). The molecule has 1 fully saturated rings. The summed E-state index contributed by atoms with van der Waals surface area (Å²) in [6.45, 7) is 3.24. The molecule has 0 bridgehead atoms. The van der Waals surface area contributed by atoms with E-state index in [0.717, 1.165) is 0 Å². The van der Waals surface area contributed by atoms with Crippen LogP contribution in [0.2, 0.25) is 0 Å². The molecule has 6 nitrogen and oxygen atoms in total. The Morgan fingerprint density at radius 2 is 2.28 bits per heavy atom. The van der Waals surface area contributed by atoms with Gasteiger partial charge in [-0.1, -0.05) is 6.08 Å². The number of ether oxygens (including phenoxy) is 1. The summed E-state index contributed by atoms with van der Waals surface area (Å²) in [5, 5.41) is 2.66. The number of hydrogen-bond donors (Lipinski definition) is 1. The van der Waals surface area contributed by atoms with E-state index in [0.29, 0.717) is 13.1 Å². The van der Waals surface area contributed by atoms with Gasteiger partial charge in [-0.05, 0) is 6.92 Å². The maximum atomic E-state index is 11.7. The van der Waals surface area contributed by atoms with Crippen LogP contribution >= 0.6 is 0 Å². The van der Waals surface area contributed by atoms with Gasteiger partial charge in [0.2, 0.25) is 11.8 Å². The SMILES string of the molecule is CCN1CC(C(=O)NC/C=C/C(=O)OC)CC1=O. The van der Waals surface area contributed by atoms with Crippen molar-refractivity contribution in [2.24, 2.45) is 5.92 Å². The van der Waals surface area contributed by atoms with Crippen LogP contribution in [0.25, 0.3) is 0 Å². The van der Waals surface area contributed by atoms with E-state index in [1.807, 2.05) is 6.92 Å². The van der Waals surface area contributed by atoms with Gasteiger partial charge in [0.15, 0.2) is 0 Å². The van der Waals surface area contributed by atoms with Gasteiger partial charge in [-0.25, -0.2) is 4.79 Å². The van der Waals surface area contributed by atoms with E-state index in [1.165, 1.54) is 19.3 Å². The Kier molecular flexibility index (Phi) is 5.35. The number of carbonyl (C=O) groups is 3. The summed E-state index contributed by atoms with van der Waals surface area (Å²) in [7, 11) is 1.29. The number of likely N-dealkylation sites (tertiary alicyclic amines) is 1. The van der Waals surface area contributed by atoms with Gasteiger partial charge in [-0.3, -0.25) is 9.59 Å². The van der Waals surface area contributed by atoms with Crippen LogP contribution in [0, 0.1) is 5.92 Å². The number of esters is 1. The second-order valence-corrected chi connectivity index (χ2v) is 4.00. The Hall–Kier alpha value is -1.85. The first kappa shape index (κ1) is 14.2. The summed E-state index contributed by atoms with van der Waals surface area (Å²) in [4.78, 5) is 35.6. The summed E-state index contributed by atoms with van der Waals surface area (Å²) < 4.78 is 4.41. The Labute approximate surface area is 106 Å². The second kappa shape index (κ2) is 6.78. The molecule has 100 valence electrons. The number of hydrogen-bond acceptors (Lipinski definition) is 4. The van der Waals surface area contributed by atoms with Crippen LogP contribution < -0.4 is 5.32 Å². The minimum absolute atomic E-state index is 0.0164. The number of amides is 2. The first-order chi connectivity index (χ1) is 8.58. The van der Waals surface area contributed by atoms with Crippen molar-refractivity contribution in [2.75, 3.05) is 26.7 Å². The molecule has 0 aromatic rings. The van der Waals surface area contributed by atoms with E-state index >= 15 is 0 Å².